The van der Waals surface area contributed by atoms with Gasteiger partial charge in [0.15, 0.2) is 0 Å². The Labute approximate surface area is 117 Å². The van der Waals surface area contributed by atoms with Crippen LogP contribution in [-0.2, 0) is 11.3 Å². The van der Waals surface area contributed by atoms with Gasteiger partial charge < -0.3 is 4.90 Å². The average molecular weight is 316 g/mol. The summed E-state index contributed by atoms with van der Waals surface area (Å²) < 4.78 is 2.56. The van der Waals surface area contributed by atoms with Crippen LogP contribution in [0.25, 0.3) is 0 Å². The van der Waals surface area contributed by atoms with Crippen molar-refractivity contribution in [2.24, 2.45) is 11.8 Å². The monoisotopic (exact) mass is 315 g/mol. The van der Waals surface area contributed by atoms with Crippen molar-refractivity contribution >= 4 is 21.8 Å². The van der Waals surface area contributed by atoms with Crippen molar-refractivity contribution in [1.82, 2.24) is 14.7 Å². The van der Waals surface area contributed by atoms with Crippen molar-refractivity contribution in [1.29, 1.82) is 0 Å². The van der Waals surface area contributed by atoms with Gasteiger partial charge in [0, 0.05) is 19.3 Å². The minimum Gasteiger partial charge on any atom is -0.341 e. The second-order valence-electron chi connectivity index (χ2n) is 5.44. The van der Waals surface area contributed by atoms with Gasteiger partial charge in [0.25, 0.3) is 0 Å². The molecular weight excluding hydrogens is 294 g/mol. The molecule has 0 aliphatic carbocycles. The SMILES string of the molecule is CC(C)CN(CC(C)C)C(=O)Cn1cc(Br)cn1. The molecular formula is C13H22BrN3O. The molecule has 1 aromatic rings. The molecule has 0 atom stereocenters. The molecule has 1 amide bonds. The predicted octanol–water partition coefficient (Wildman–Crippen LogP) is 2.79. The van der Waals surface area contributed by atoms with Gasteiger partial charge in [-0.2, -0.15) is 5.10 Å². The van der Waals surface area contributed by atoms with E-state index in [1.807, 2.05) is 11.1 Å². The van der Waals surface area contributed by atoms with E-state index in [2.05, 4.69) is 48.7 Å². The van der Waals surface area contributed by atoms with E-state index in [4.69, 9.17) is 0 Å². The van der Waals surface area contributed by atoms with Crippen molar-refractivity contribution in [3.8, 4) is 0 Å². The van der Waals surface area contributed by atoms with Crippen molar-refractivity contribution in [3.05, 3.63) is 16.9 Å². The minimum atomic E-state index is 0.132. The van der Waals surface area contributed by atoms with E-state index >= 15 is 0 Å². The maximum absolute atomic E-state index is 12.2. The van der Waals surface area contributed by atoms with Gasteiger partial charge in [0.2, 0.25) is 5.91 Å². The summed E-state index contributed by atoms with van der Waals surface area (Å²) in [4.78, 5) is 14.2. The lowest BCUT2D eigenvalue weighted by Gasteiger charge is -2.26. The Morgan fingerprint density at radius 3 is 2.28 bits per heavy atom. The van der Waals surface area contributed by atoms with Gasteiger partial charge in [-0.15, -0.1) is 0 Å². The third-order valence-electron chi connectivity index (χ3n) is 2.42. The lowest BCUT2D eigenvalue weighted by atomic mass is 10.1. The standard InChI is InChI=1S/C13H22BrN3O/c1-10(2)6-16(7-11(3)4)13(18)9-17-8-12(14)5-15-17/h5,8,10-11H,6-7,9H2,1-4H3. The van der Waals surface area contributed by atoms with Crippen LogP contribution in [0.3, 0.4) is 0 Å². The van der Waals surface area contributed by atoms with E-state index in [1.165, 1.54) is 0 Å². The summed E-state index contributed by atoms with van der Waals surface area (Å²) in [5.41, 5.74) is 0. The molecule has 1 heterocycles. The Balaban J connectivity index is 2.63. The topological polar surface area (TPSA) is 38.1 Å². The molecule has 5 heteroatoms. The minimum absolute atomic E-state index is 0.132. The van der Waals surface area contributed by atoms with E-state index < -0.39 is 0 Å². The van der Waals surface area contributed by atoms with Crippen molar-refractivity contribution in [3.63, 3.8) is 0 Å². The number of aromatic nitrogens is 2. The Kier molecular flexibility index (Phi) is 5.85. The van der Waals surface area contributed by atoms with Gasteiger partial charge >= 0.3 is 0 Å². The van der Waals surface area contributed by atoms with Gasteiger partial charge in [-0.25, -0.2) is 0 Å². The first-order valence-corrected chi connectivity index (χ1v) is 7.13. The summed E-state index contributed by atoms with van der Waals surface area (Å²) in [6.45, 7) is 10.4. The molecule has 102 valence electrons. The van der Waals surface area contributed by atoms with Crippen LogP contribution in [0.2, 0.25) is 0 Å². The smallest absolute Gasteiger partial charge is 0.244 e. The van der Waals surface area contributed by atoms with E-state index in [-0.39, 0.29) is 5.91 Å². The van der Waals surface area contributed by atoms with E-state index in [0.717, 1.165) is 17.6 Å². The van der Waals surface area contributed by atoms with E-state index in [1.54, 1.807) is 10.9 Å². The van der Waals surface area contributed by atoms with Gasteiger partial charge in [-0.1, -0.05) is 27.7 Å². The zero-order chi connectivity index (χ0) is 13.7. The van der Waals surface area contributed by atoms with E-state index in [9.17, 15) is 4.79 Å². The Morgan fingerprint density at radius 1 is 1.33 bits per heavy atom. The Bertz CT molecular complexity index is 377. The molecule has 4 nitrogen and oxygen atoms in total. The van der Waals surface area contributed by atoms with E-state index in [0.29, 0.717) is 18.4 Å². The molecule has 0 saturated heterocycles. The summed E-state index contributed by atoms with van der Waals surface area (Å²) in [6.07, 6.45) is 3.52. The Morgan fingerprint density at radius 2 is 1.89 bits per heavy atom. The first-order valence-electron chi connectivity index (χ1n) is 6.34. The summed E-state index contributed by atoms with van der Waals surface area (Å²) in [5, 5.41) is 4.12. The lowest BCUT2D eigenvalue weighted by Crippen LogP contribution is -2.39. The molecule has 0 fully saturated rings. The number of halogens is 1. The lowest BCUT2D eigenvalue weighted by molar-refractivity contribution is -0.133. The first-order chi connectivity index (χ1) is 8.38. The van der Waals surface area contributed by atoms with Crippen molar-refractivity contribution in [2.75, 3.05) is 13.1 Å². The highest BCUT2D eigenvalue weighted by molar-refractivity contribution is 9.10. The maximum Gasteiger partial charge on any atom is 0.244 e. The molecule has 0 bridgehead atoms. The summed E-state index contributed by atoms with van der Waals surface area (Å²) in [5.74, 6) is 1.10. The molecule has 1 rings (SSSR count). The van der Waals surface area contributed by atoms with Gasteiger partial charge in [-0.05, 0) is 27.8 Å². The zero-order valence-corrected chi connectivity index (χ0v) is 13.1. The fourth-order valence-electron chi connectivity index (χ4n) is 1.82. The fourth-order valence-corrected chi connectivity index (χ4v) is 2.15. The molecule has 0 aliphatic rings. The number of carbonyl (C=O) groups excluding carboxylic acids is 1. The fraction of sp³-hybridized carbons (Fsp3) is 0.692. The maximum atomic E-state index is 12.2. The van der Waals surface area contributed by atoms with Crippen LogP contribution < -0.4 is 0 Å². The zero-order valence-electron chi connectivity index (χ0n) is 11.6. The molecule has 0 spiro atoms. The quantitative estimate of drug-likeness (QED) is 0.809. The van der Waals surface area contributed by atoms with Crippen LogP contribution in [0, 0.1) is 11.8 Å². The molecule has 0 aromatic carbocycles. The second kappa shape index (κ2) is 6.92. The van der Waals surface area contributed by atoms with Crippen LogP contribution in [0.4, 0.5) is 0 Å². The van der Waals surface area contributed by atoms with Crippen molar-refractivity contribution in [2.45, 2.75) is 34.2 Å². The van der Waals surface area contributed by atoms with Crippen LogP contribution in [0.15, 0.2) is 16.9 Å². The molecule has 0 saturated carbocycles. The van der Waals surface area contributed by atoms with Gasteiger partial charge in [-0.3, -0.25) is 9.48 Å². The molecule has 0 N–H and O–H groups in total. The number of hydrogen-bond donors (Lipinski definition) is 0. The summed E-state index contributed by atoms with van der Waals surface area (Å²) >= 11 is 3.33. The highest BCUT2D eigenvalue weighted by Crippen LogP contribution is 2.08. The van der Waals surface area contributed by atoms with Gasteiger partial charge in [0.1, 0.15) is 6.54 Å². The molecule has 0 aliphatic heterocycles. The molecule has 0 radical (unpaired) electrons. The van der Waals surface area contributed by atoms with Crippen LogP contribution >= 0.6 is 15.9 Å². The number of hydrogen-bond acceptors (Lipinski definition) is 2. The average Bonchev–Trinajstić information content (AvgIpc) is 2.61. The van der Waals surface area contributed by atoms with Crippen LogP contribution in [0.5, 0.6) is 0 Å². The number of amides is 1. The highest BCUT2D eigenvalue weighted by Gasteiger charge is 2.16. The summed E-state index contributed by atoms with van der Waals surface area (Å²) in [6, 6.07) is 0. The third-order valence-corrected chi connectivity index (χ3v) is 2.83. The van der Waals surface area contributed by atoms with Crippen LogP contribution in [-0.4, -0.2) is 33.7 Å². The van der Waals surface area contributed by atoms with Crippen LogP contribution in [0.1, 0.15) is 27.7 Å². The second-order valence-corrected chi connectivity index (χ2v) is 6.36. The highest BCUT2D eigenvalue weighted by atomic mass is 79.9. The number of rotatable bonds is 6. The third kappa shape index (κ3) is 5.21. The van der Waals surface area contributed by atoms with Crippen molar-refractivity contribution < 1.29 is 4.79 Å². The number of nitrogens with zero attached hydrogens (tertiary/aromatic N) is 3. The number of carbonyl (C=O) groups is 1. The normalized spacial score (nSPS) is 11.3. The molecule has 0 unspecified atom stereocenters. The van der Waals surface area contributed by atoms with Gasteiger partial charge in [0.05, 0.1) is 10.7 Å². The summed E-state index contributed by atoms with van der Waals surface area (Å²) in [7, 11) is 0. The predicted molar refractivity (Wildman–Crippen MR) is 76.2 cm³/mol. The first kappa shape index (κ1) is 15.2. The molecule has 18 heavy (non-hydrogen) atoms. The largest absolute Gasteiger partial charge is 0.341 e. The Hall–Kier alpha value is -0.840. The molecule has 1 aromatic heterocycles.